The molecular formula is C20H28N2O2S. The van der Waals surface area contributed by atoms with Gasteiger partial charge in [-0.3, -0.25) is 0 Å². The Morgan fingerprint density at radius 3 is 1.44 bits per heavy atom. The Morgan fingerprint density at radius 2 is 1.04 bits per heavy atom. The summed E-state index contributed by atoms with van der Waals surface area (Å²) in [5.41, 5.74) is 15.6. The zero-order valence-electron chi connectivity index (χ0n) is 14.7. The predicted octanol–water partition coefficient (Wildman–Crippen LogP) is 3.61. The maximum absolute atomic E-state index is 12.1. The number of anilines is 2. The second-order valence-electron chi connectivity index (χ2n) is 6.46. The molecule has 5 heteroatoms. The minimum atomic E-state index is -2.97. The van der Waals surface area contributed by atoms with Crippen LogP contribution in [0, 0.1) is 0 Å². The first-order valence-electron chi connectivity index (χ1n) is 8.85. The molecule has 0 saturated carbocycles. The highest BCUT2D eigenvalue weighted by Crippen LogP contribution is 2.15. The van der Waals surface area contributed by atoms with Crippen molar-refractivity contribution < 1.29 is 8.42 Å². The number of nitrogens with two attached hydrogens (primary N) is 2. The molecule has 2 aromatic carbocycles. The maximum Gasteiger partial charge on any atom is 0.150 e. The summed E-state index contributed by atoms with van der Waals surface area (Å²) in [4.78, 5) is 0. The minimum Gasteiger partial charge on any atom is -0.399 e. The number of aryl methyl sites for hydroxylation is 2. The van der Waals surface area contributed by atoms with E-state index in [9.17, 15) is 8.42 Å². The fraction of sp³-hybridized carbons (Fsp3) is 0.400. The van der Waals surface area contributed by atoms with E-state index in [1.54, 1.807) is 0 Å². The molecule has 136 valence electrons. The van der Waals surface area contributed by atoms with Gasteiger partial charge in [0.05, 0.1) is 11.5 Å². The van der Waals surface area contributed by atoms with Crippen molar-refractivity contribution in [1.82, 2.24) is 0 Å². The van der Waals surface area contributed by atoms with E-state index in [2.05, 4.69) is 0 Å². The lowest BCUT2D eigenvalue weighted by molar-refractivity contribution is 0.587. The third-order valence-electron chi connectivity index (χ3n) is 4.41. The van der Waals surface area contributed by atoms with Gasteiger partial charge in [-0.2, -0.15) is 0 Å². The van der Waals surface area contributed by atoms with Crippen LogP contribution >= 0.6 is 0 Å². The minimum absolute atomic E-state index is 0.257. The van der Waals surface area contributed by atoms with Crippen molar-refractivity contribution in [1.29, 1.82) is 0 Å². The number of unbranched alkanes of at least 4 members (excludes halogenated alkanes) is 2. The van der Waals surface area contributed by atoms with Crippen molar-refractivity contribution in [2.24, 2.45) is 0 Å². The standard InChI is InChI=1S/C20H28N2O2S/c21-19-13-3-1-9-17(19)11-5-7-15-25(23,24)16-8-6-12-18-10-2-4-14-20(18)22/h1-4,9-10,13-14H,5-8,11-12,15-16,21-22H2. The number of rotatable bonds is 10. The van der Waals surface area contributed by atoms with Gasteiger partial charge in [0.1, 0.15) is 9.84 Å². The highest BCUT2D eigenvalue weighted by atomic mass is 32.2. The van der Waals surface area contributed by atoms with E-state index in [1.807, 2.05) is 48.5 Å². The van der Waals surface area contributed by atoms with Gasteiger partial charge in [-0.25, -0.2) is 8.42 Å². The molecular weight excluding hydrogens is 332 g/mol. The third-order valence-corrected chi connectivity index (χ3v) is 6.23. The quantitative estimate of drug-likeness (QED) is 0.500. The summed E-state index contributed by atoms with van der Waals surface area (Å²) in [6.45, 7) is 0. The van der Waals surface area contributed by atoms with Crippen LogP contribution in [0.4, 0.5) is 11.4 Å². The van der Waals surface area contributed by atoms with Crippen molar-refractivity contribution in [3.05, 3.63) is 59.7 Å². The lowest BCUT2D eigenvalue weighted by Gasteiger charge is -2.07. The molecule has 2 rings (SSSR count). The Bertz CT molecular complexity index is 713. The van der Waals surface area contributed by atoms with Gasteiger partial charge in [0.15, 0.2) is 0 Å². The van der Waals surface area contributed by atoms with E-state index < -0.39 is 9.84 Å². The Labute approximate surface area is 151 Å². The summed E-state index contributed by atoms with van der Waals surface area (Å²) in [6, 6.07) is 15.5. The lowest BCUT2D eigenvalue weighted by atomic mass is 10.1. The molecule has 0 saturated heterocycles. The molecule has 4 N–H and O–H groups in total. The second-order valence-corrected chi connectivity index (χ2v) is 8.77. The van der Waals surface area contributed by atoms with Crippen LogP contribution in [-0.4, -0.2) is 19.9 Å². The molecule has 0 aliphatic carbocycles. The molecule has 0 spiro atoms. The van der Waals surface area contributed by atoms with E-state index in [0.29, 0.717) is 12.8 Å². The van der Waals surface area contributed by atoms with Gasteiger partial charge in [-0.1, -0.05) is 36.4 Å². The number of para-hydroxylation sites is 2. The van der Waals surface area contributed by atoms with Gasteiger partial charge in [0.25, 0.3) is 0 Å². The molecule has 0 aliphatic heterocycles. The molecule has 0 radical (unpaired) electrons. The van der Waals surface area contributed by atoms with Crippen LogP contribution in [-0.2, 0) is 22.7 Å². The molecule has 0 bridgehead atoms. The van der Waals surface area contributed by atoms with Crippen molar-refractivity contribution in [2.45, 2.75) is 38.5 Å². The zero-order chi connectivity index (χ0) is 18.1. The molecule has 2 aromatic rings. The number of hydrogen-bond donors (Lipinski definition) is 2. The normalized spacial score (nSPS) is 11.5. The summed E-state index contributed by atoms with van der Waals surface area (Å²) in [7, 11) is -2.97. The molecule has 0 aliphatic rings. The molecule has 4 nitrogen and oxygen atoms in total. The number of benzene rings is 2. The molecule has 0 atom stereocenters. The predicted molar refractivity (Wildman–Crippen MR) is 106 cm³/mol. The summed E-state index contributed by atoms with van der Waals surface area (Å²) >= 11 is 0. The van der Waals surface area contributed by atoms with Crippen LogP contribution in [0.25, 0.3) is 0 Å². The van der Waals surface area contributed by atoms with Crippen LogP contribution in [0.5, 0.6) is 0 Å². The van der Waals surface area contributed by atoms with Crippen LogP contribution in [0.15, 0.2) is 48.5 Å². The number of sulfone groups is 1. The van der Waals surface area contributed by atoms with Crippen LogP contribution in [0.1, 0.15) is 36.8 Å². The van der Waals surface area contributed by atoms with Crippen molar-refractivity contribution >= 4 is 21.2 Å². The fourth-order valence-electron chi connectivity index (χ4n) is 2.90. The molecule has 0 unspecified atom stereocenters. The van der Waals surface area contributed by atoms with E-state index in [1.165, 1.54) is 0 Å². The largest absolute Gasteiger partial charge is 0.399 e. The zero-order valence-corrected chi connectivity index (χ0v) is 15.5. The van der Waals surface area contributed by atoms with Gasteiger partial charge in [-0.15, -0.1) is 0 Å². The highest BCUT2D eigenvalue weighted by Gasteiger charge is 2.10. The van der Waals surface area contributed by atoms with E-state index in [-0.39, 0.29) is 11.5 Å². The van der Waals surface area contributed by atoms with Gasteiger partial charge in [-0.05, 0) is 61.8 Å². The average molecular weight is 361 g/mol. The Morgan fingerprint density at radius 1 is 0.640 bits per heavy atom. The molecule has 25 heavy (non-hydrogen) atoms. The average Bonchev–Trinajstić information content (AvgIpc) is 2.58. The number of hydrogen-bond acceptors (Lipinski definition) is 4. The first kappa shape index (κ1) is 19.3. The number of nitrogen functional groups attached to an aromatic ring is 2. The highest BCUT2D eigenvalue weighted by molar-refractivity contribution is 7.91. The van der Waals surface area contributed by atoms with Gasteiger partial charge >= 0.3 is 0 Å². The van der Waals surface area contributed by atoms with Gasteiger partial charge < -0.3 is 11.5 Å². The maximum atomic E-state index is 12.1. The lowest BCUT2D eigenvalue weighted by Crippen LogP contribution is -2.12. The Kier molecular flexibility index (Phi) is 7.31. The summed E-state index contributed by atoms with van der Waals surface area (Å²) in [5.74, 6) is 0.514. The van der Waals surface area contributed by atoms with E-state index in [4.69, 9.17) is 11.5 Å². The molecule has 0 heterocycles. The first-order chi connectivity index (χ1) is 12.0. The van der Waals surface area contributed by atoms with Crippen LogP contribution in [0.3, 0.4) is 0 Å². The van der Waals surface area contributed by atoms with Gasteiger partial charge in [0.2, 0.25) is 0 Å². The SMILES string of the molecule is Nc1ccccc1CCCCS(=O)(=O)CCCCc1ccccc1N. The van der Waals surface area contributed by atoms with E-state index in [0.717, 1.165) is 48.2 Å². The van der Waals surface area contributed by atoms with Crippen LogP contribution < -0.4 is 11.5 Å². The third kappa shape index (κ3) is 6.78. The first-order valence-corrected chi connectivity index (χ1v) is 10.7. The van der Waals surface area contributed by atoms with Crippen molar-refractivity contribution in [3.63, 3.8) is 0 Å². The summed E-state index contributed by atoms with van der Waals surface area (Å²) in [5, 5.41) is 0. The van der Waals surface area contributed by atoms with Crippen LogP contribution in [0.2, 0.25) is 0 Å². The molecule has 0 amide bonds. The summed E-state index contributed by atoms with van der Waals surface area (Å²) < 4.78 is 24.3. The summed E-state index contributed by atoms with van der Waals surface area (Å²) in [6.07, 6.45) is 4.71. The smallest absolute Gasteiger partial charge is 0.150 e. The van der Waals surface area contributed by atoms with Crippen molar-refractivity contribution in [2.75, 3.05) is 23.0 Å². The topological polar surface area (TPSA) is 86.2 Å². The Hall–Kier alpha value is -2.01. The fourth-order valence-corrected chi connectivity index (χ4v) is 4.39. The second kappa shape index (κ2) is 9.47. The Balaban J connectivity index is 1.64. The molecule has 0 fully saturated rings. The monoisotopic (exact) mass is 360 g/mol. The molecule has 0 aromatic heterocycles. The van der Waals surface area contributed by atoms with E-state index >= 15 is 0 Å². The van der Waals surface area contributed by atoms with Gasteiger partial charge in [0, 0.05) is 11.4 Å². The van der Waals surface area contributed by atoms with Crippen molar-refractivity contribution in [3.8, 4) is 0 Å².